The van der Waals surface area contributed by atoms with Crippen LogP contribution in [0, 0.1) is 5.92 Å². The Balaban J connectivity index is 1.48. The van der Waals surface area contributed by atoms with Gasteiger partial charge in [0.05, 0.1) is 6.42 Å². The molecule has 1 aromatic carbocycles. The van der Waals surface area contributed by atoms with Gasteiger partial charge in [0.1, 0.15) is 0 Å². The lowest BCUT2D eigenvalue weighted by atomic mass is 9.99. The molecule has 1 aromatic rings. The molecule has 0 bridgehead atoms. The molecule has 108 valence electrons. The van der Waals surface area contributed by atoms with Gasteiger partial charge in [-0.25, -0.2) is 0 Å². The number of hydrogen-bond acceptors (Lipinski definition) is 2. The molecule has 0 radical (unpaired) electrons. The molecule has 2 aliphatic rings. The van der Waals surface area contributed by atoms with Crippen LogP contribution in [-0.2, 0) is 24.1 Å². The summed E-state index contributed by atoms with van der Waals surface area (Å²) in [7, 11) is 0. The lowest BCUT2D eigenvalue weighted by Gasteiger charge is -2.22. The summed E-state index contributed by atoms with van der Waals surface area (Å²) in [6.07, 6.45) is 6.62. The summed E-state index contributed by atoms with van der Waals surface area (Å²) in [6, 6.07) is 6.55. The van der Waals surface area contributed by atoms with Crippen molar-refractivity contribution >= 4 is 5.91 Å². The van der Waals surface area contributed by atoms with Crippen LogP contribution >= 0.6 is 0 Å². The molecule has 0 unspecified atom stereocenters. The third-order valence-corrected chi connectivity index (χ3v) is 4.51. The number of carbonyl (C=O) groups is 1. The van der Waals surface area contributed by atoms with E-state index in [-0.39, 0.29) is 5.91 Å². The fraction of sp³-hybridized carbons (Fsp3) is 0.588. The zero-order valence-corrected chi connectivity index (χ0v) is 12.1. The maximum Gasteiger partial charge on any atom is 0.224 e. The zero-order valence-electron chi connectivity index (χ0n) is 12.1. The summed E-state index contributed by atoms with van der Waals surface area (Å²) < 4.78 is 0. The minimum atomic E-state index is 0.161. The number of aryl methyl sites for hydroxylation is 2. The molecular formula is C17H24N2O. The topological polar surface area (TPSA) is 41.1 Å². The summed E-state index contributed by atoms with van der Waals surface area (Å²) in [4.78, 5) is 12.0. The molecule has 3 rings (SSSR count). The smallest absolute Gasteiger partial charge is 0.224 e. The normalized spacial score (nSPS) is 21.5. The second-order valence-corrected chi connectivity index (χ2v) is 6.15. The van der Waals surface area contributed by atoms with Gasteiger partial charge in [0.2, 0.25) is 5.91 Å². The Hall–Kier alpha value is -1.35. The summed E-state index contributed by atoms with van der Waals surface area (Å²) in [5, 5.41) is 6.47. The zero-order chi connectivity index (χ0) is 13.8. The third kappa shape index (κ3) is 3.40. The number of fused-ring (bicyclic) bond motifs is 1. The van der Waals surface area contributed by atoms with Crippen LogP contribution in [0.15, 0.2) is 18.2 Å². The first kappa shape index (κ1) is 13.6. The van der Waals surface area contributed by atoms with Gasteiger partial charge in [0, 0.05) is 6.54 Å². The molecule has 0 spiro atoms. The van der Waals surface area contributed by atoms with E-state index in [9.17, 15) is 4.79 Å². The van der Waals surface area contributed by atoms with Crippen molar-refractivity contribution in [2.24, 2.45) is 5.92 Å². The fourth-order valence-corrected chi connectivity index (χ4v) is 3.34. The molecule has 2 N–H and O–H groups in total. The maximum atomic E-state index is 12.0. The van der Waals surface area contributed by atoms with E-state index in [2.05, 4.69) is 28.8 Å². The average Bonchev–Trinajstić information content (AvgIpc) is 2.94. The molecule has 20 heavy (non-hydrogen) atoms. The lowest BCUT2D eigenvalue weighted by Crippen LogP contribution is -2.38. The molecule has 1 atom stereocenters. The highest BCUT2D eigenvalue weighted by Crippen LogP contribution is 2.22. The Morgan fingerprint density at radius 2 is 2.15 bits per heavy atom. The van der Waals surface area contributed by atoms with E-state index in [0.29, 0.717) is 12.3 Å². The van der Waals surface area contributed by atoms with Crippen molar-refractivity contribution in [2.45, 2.75) is 38.5 Å². The van der Waals surface area contributed by atoms with Crippen molar-refractivity contribution < 1.29 is 4.79 Å². The minimum Gasteiger partial charge on any atom is -0.355 e. The Morgan fingerprint density at radius 1 is 1.25 bits per heavy atom. The highest BCUT2D eigenvalue weighted by atomic mass is 16.1. The lowest BCUT2D eigenvalue weighted by molar-refractivity contribution is -0.120. The van der Waals surface area contributed by atoms with Crippen LogP contribution in [0.2, 0.25) is 0 Å². The van der Waals surface area contributed by atoms with Gasteiger partial charge in [-0.15, -0.1) is 0 Å². The molecule has 0 saturated carbocycles. The van der Waals surface area contributed by atoms with Crippen LogP contribution in [0.3, 0.4) is 0 Å². The van der Waals surface area contributed by atoms with E-state index >= 15 is 0 Å². The second-order valence-electron chi connectivity index (χ2n) is 6.15. The highest BCUT2D eigenvalue weighted by Gasteiger charge is 2.15. The SMILES string of the molecule is O=C(Cc1ccc2c(c1)CCC2)NC[C@H]1CCCNC1. The van der Waals surface area contributed by atoms with Crippen molar-refractivity contribution in [3.05, 3.63) is 34.9 Å². The first-order valence-corrected chi connectivity index (χ1v) is 7.89. The van der Waals surface area contributed by atoms with E-state index in [1.165, 1.54) is 43.2 Å². The van der Waals surface area contributed by atoms with Crippen molar-refractivity contribution in [3.63, 3.8) is 0 Å². The second kappa shape index (κ2) is 6.40. The predicted octanol–water partition coefficient (Wildman–Crippen LogP) is 1.83. The molecule has 3 heteroatoms. The maximum absolute atomic E-state index is 12.0. The molecular weight excluding hydrogens is 248 g/mol. The summed E-state index contributed by atoms with van der Waals surface area (Å²) >= 11 is 0. The number of rotatable bonds is 4. The van der Waals surface area contributed by atoms with Gasteiger partial charge in [-0.3, -0.25) is 4.79 Å². The van der Waals surface area contributed by atoms with Crippen molar-refractivity contribution in [1.82, 2.24) is 10.6 Å². The van der Waals surface area contributed by atoms with Crippen LogP contribution in [0.4, 0.5) is 0 Å². The van der Waals surface area contributed by atoms with Gasteiger partial charge in [0.15, 0.2) is 0 Å². The number of nitrogens with one attached hydrogen (secondary N) is 2. The van der Waals surface area contributed by atoms with E-state index in [0.717, 1.165) is 25.2 Å². The highest BCUT2D eigenvalue weighted by molar-refractivity contribution is 5.78. The quantitative estimate of drug-likeness (QED) is 0.878. The average molecular weight is 272 g/mol. The van der Waals surface area contributed by atoms with Crippen LogP contribution in [0.25, 0.3) is 0 Å². The molecule has 3 nitrogen and oxygen atoms in total. The minimum absolute atomic E-state index is 0.161. The van der Waals surface area contributed by atoms with E-state index in [4.69, 9.17) is 0 Å². The third-order valence-electron chi connectivity index (χ3n) is 4.51. The monoisotopic (exact) mass is 272 g/mol. The Morgan fingerprint density at radius 3 is 3.00 bits per heavy atom. The van der Waals surface area contributed by atoms with E-state index in [1.54, 1.807) is 0 Å². The van der Waals surface area contributed by atoms with E-state index < -0.39 is 0 Å². The van der Waals surface area contributed by atoms with Gasteiger partial charge in [-0.05, 0) is 67.8 Å². The molecule has 1 amide bonds. The molecule has 1 aliphatic heterocycles. The number of carbonyl (C=O) groups excluding carboxylic acids is 1. The van der Waals surface area contributed by atoms with Crippen molar-refractivity contribution in [1.29, 1.82) is 0 Å². The number of amides is 1. The summed E-state index contributed by atoms with van der Waals surface area (Å²) in [5.74, 6) is 0.765. The van der Waals surface area contributed by atoms with Crippen LogP contribution < -0.4 is 10.6 Å². The fourth-order valence-electron chi connectivity index (χ4n) is 3.34. The Bertz CT molecular complexity index is 478. The number of benzene rings is 1. The van der Waals surface area contributed by atoms with E-state index in [1.807, 2.05) is 0 Å². The number of piperidine rings is 1. The Kier molecular flexibility index (Phi) is 4.36. The van der Waals surface area contributed by atoms with Gasteiger partial charge in [-0.1, -0.05) is 18.2 Å². The van der Waals surface area contributed by atoms with Crippen LogP contribution in [-0.4, -0.2) is 25.5 Å². The van der Waals surface area contributed by atoms with Crippen molar-refractivity contribution in [3.8, 4) is 0 Å². The van der Waals surface area contributed by atoms with Crippen LogP contribution in [0.1, 0.15) is 36.0 Å². The first-order chi connectivity index (χ1) is 9.81. The summed E-state index contributed by atoms with van der Waals surface area (Å²) in [6.45, 7) is 2.98. The molecule has 1 saturated heterocycles. The predicted molar refractivity (Wildman–Crippen MR) is 80.8 cm³/mol. The number of hydrogen-bond donors (Lipinski definition) is 2. The van der Waals surface area contributed by atoms with Crippen molar-refractivity contribution in [2.75, 3.05) is 19.6 Å². The molecule has 1 fully saturated rings. The molecule has 0 aromatic heterocycles. The Labute approximate surface area is 121 Å². The summed E-state index contributed by atoms with van der Waals surface area (Å²) in [5.41, 5.74) is 4.08. The van der Waals surface area contributed by atoms with Crippen LogP contribution in [0.5, 0.6) is 0 Å². The molecule has 1 heterocycles. The van der Waals surface area contributed by atoms with Gasteiger partial charge >= 0.3 is 0 Å². The molecule has 1 aliphatic carbocycles. The standard InChI is InChI=1S/C17H24N2O/c20-17(19-12-14-3-2-8-18-11-14)10-13-6-7-15-4-1-5-16(15)9-13/h6-7,9,14,18H,1-5,8,10-12H2,(H,19,20)/t14-/m0/s1. The van der Waals surface area contributed by atoms with Gasteiger partial charge < -0.3 is 10.6 Å². The largest absolute Gasteiger partial charge is 0.355 e. The first-order valence-electron chi connectivity index (χ1n) is 7.89. The van der Waals surface area contributed by atoms with Gasteiger partial charge in [-0.2, -0.15) is 0 Å². The van der Waals surface area contributed by atoms with Gasteiger partial charge in [0.25, 0.3) is 0 Å².